The van der Waals surface area contributed by atoms with Crippen molar-refractivity contribution < 1.29 is 19.1 Å². The Morgan fingerprint density at radius 2 is 1.75 bits per heavy atom. The fourth-order valence-corrected chi connectivity index (χ4v) is 3.34. The van der Waals surface area contributed by atoms with Gasteiger partial charge >= 0.3 is 0 Å². The molecule has 2 fully saturated rings. The smallest absolute Gasteiger partial charge is 0.269 e. The molecular weight excluding hydrogens is 362 g/mol. The normalized spacial score (nSPS) is 18.0. The number of ether oxygens (including phenoxy) is 1. The van der Waals surface area contributed by atoms with Crippen molar-refractivity contribution in [2.45, 2.75) is 6.92 Å². The Kier molecular flexibility index (Phi) is 6.94. The molecule has 1 aromatic heterocycles. The van der Waals surface area contributed by atoms with Gasteiger partial charge < -0.3 is 19.9 Å². The van der Waals surface area contributed by atoms with Crippen molar-refractivity contribution in [1.29, 1.82) is 0 Å². The van der Waals surface area contributed by atoms with Crippen LogP contribution in [0.1, 0.15) is 27.8 Å². The van der Waals surface area contributed by atoms with E-state index in [1.54, 1.807) is 15.9 Å². The van der Waals surface area contributed by atoms with Crippen molar-refractivity contribution in [1.82, 2.24) is 25.0 Å². The molecule has 28 heavy (non-hydrogen) atoms. The molecule has 0 bridgehead atoms. The first-order valence-corrected chi connectivity index (χ1v) is 9.64. The van der Waals surface area contributed by atoms with Crippen LogP contribution in [0.15, 0.2) is 18.3 Å². The van der Waals surface area contributed by atoms with E-state index in [2.05, 4.69) is 15.2 Å². The third kappa shape index (κ3) is 5.26. The Morgan fingerprint density at radius 1 is 1.07 bits per heavy atom. The lowest BCUT2D eigenvalue weighted by Gasteiger charge is -2.34. The number of hydrogen-bond donors (Lipinski definition) is 1. The maximum absolute atomic E-state index is 12.7. The summed E-state index contributed by atoms with van der Waals surface area (Å²) in [6.07, 6.45) is 1.48. The number of amides is 3. The summed E-state index contributed by atoms with van der Waals surface area (Å²) in [6, 6.07) is 3.15. The predicted octanol–water partition coefficient (Wildman–Crippen LogP) is -0.552. The van der Waals surface area contributed by atoms with Gasteiger partial charge in [0.25, 0.3) is 11.8 Å². The number of nitrogens with one attached hydrogen (secondary N) is 1. The van der Waals surface area contributed by atoms with Crippen LogP contribution in [0.25, 0.3) is 0 Å². The lowest BCUT2D eigenvalue weighted by atomic mass is 10.1. The van der Waals surface area contributed by atoms with Crippen molar-refractivity contribution in [3.63, 3.8) is 0 Å². The van der Waals surface area contributed by atoms with Crippen LogP contribution in [-0.4, -0.2) is 103 Å². The summed E-state index contributed by atoms with van der Waals surface area (Å²) in [4.78, 5) is 46.3. The highest BCUT2D eigenvalue weighted by molar-refractivity contribution is 5.98. The van der Waals surface area contributed by atoms with Crippen LogP contribution in [0.4, 0.5) is 0 Å². The number of carbonyl (C=O) groups excluding carboxylic acids is 3. The van der Waals surface area contributed by atoms with Gasteiger partial charge in [-0.05, 0) is 12.1 Å². The summed E-state index contributed by atoms with van der Waals surface area (Å²) in [5.74, 6) is -0.413. The molecule has 152 valence electrons. The van der Waals surface area contributed by atoms with Gasteiger partial charge in [-0.1, -0.05) is 0 Å². The molecule has 0 aromatic carbocycles. The van der Waals surface area contributed by atoms with Crippen LogP contribution in [0.5, 0.6) is 0 Å². The highest BCUT2D eigenvalue weighted by Crippen LogP contribution is 2.10. The number of carbonyl (C=O) groups is 3. The third-order valence-corrected chi connectivity index (χ3v) is 5.07. The molecule has 2 aliphatic heterocycles. The van der Waals surface area contributed by atoms with Gasteiger partial charge in [-0.25, -0.2) is 0 Å². The zero-order valence-corrected chi connectivity index (χ0v) is 16.2. The van der Waals surface area contributed by atoms with Gasteiger partial charge in [-0.3, -0.25) is 24.3 Å². The quantitative estimate of drug-likeness (QED) is 0.726. The number of morpholine rings is 1. The summed E-state index contributed by atoms with van der Waals surface area (Å²) in [5.41, 5.74) is 0.666. The van der Waals surface area contributed by atoms with Crippen molar-refractivity contribution in [2.75, 3.05) is 65.6 Å². The van der Waals surface area contributed by atoms with E-state index in [-0.39, 0.29) is 23.4 Å². The molecule has 0 saturated carbocycles. The summed E-state index contributed by atoms with van der Waals surface area (Å²) in [6.45, 7) is 8.03. The molecule has 0 atom stereocenters. The lowest BCUT2D eigenvalue weighted by molar-refractivity contribution is -0.130. The number of pyridine rings is 1. The Balaban J connectivity index is 1.52. The van der Waals surface area contributed by atoms with Crippen LogP contribution in [0, 0.1) is 0 Å². The maximum atomic E-state index is 12.7. The fraction of sp³-hybridized carbons (Fsp3) is 0.579. The Hall–Kier alpha value is -2.52. The van der Waals surface area contributed by atoms with E-state index < -0.39 is 0 Å². The Morgan fingerprint density at radius 3 is 2.43 bits per heavy atom. The molecule has 1 aromatic rings. The highest BCUT2D eigenvalue weighted by Gasteiger charge is 2.24. The minimum atomic E-state index is -0.288. The number of piperazine rings is 1. The van der Waals surface area contributed by atoms with Gasteiger partial charge in [-0.15, -0.1) is 0 Å². The van der Waals surface area contributed by atoms with Gasteiger partial charge in [0.2, 0.25) is 5.91 Å². The van der Waals surface area contributed by atoms with E-state index in [1.807, 2.05) is 0 Å². The minimum absolute atomic E-state index is 0.0204. The lowest BCUT2D eigenvalue weighted by Crippen LogP contribution is -2.50. The average molecular weight is 389 g/mol. The molecule has 3 rings (SSSR count). The van der Waals surface area contributed by atoms with Gasteiger partial charge in [-0.2, -0.15) is 0 Å². The predicted molar refractivity (Wildman–Crippen MR) is 102 cm³/mol. The Labute approximate surface area is 164 Å². The fourth-order valence-electron chi connectivity index (χ4n) is 3.34. The van der Waals surface area contributed by atoms with E-state index in [1.165, 1.54) is 19.2 Å². The van der Waals surface area contributed by atoms with Crippen molar-refractivity contribution >= 4 is 17.7 Å². The molecule has 0 spiro atoms. The zero-order chi connectivity index (χ0) is 19.9. The molecule has 9 nitrogen and oxygen atoms in total. The third-order valence-electron chi connectivity index (χ3n) is 5.07. The monoisotopic (exact) mass is 389 g/mol. The molecule has 0 aliphatic carbocycles. The Bertz CT molecular complexity index is 712. The van der Waals surface area contributed by atoms with Crippen LogP contribution >= 0.6 is 0 Å². The van der Waals surface area contributed by atoms with Crippen LogP contribution in [-0.2, 0) is 9.53 Å². The van der Waals surface area contributed by atoms with Crippen LogP contribution < -0.4 is 5.32 Å². The molecule has 1 N–H and O–H groups in total. The zero-order valence-electron chi connectivity index (χ0n) is 16.2. The standard InChI is InChI=1S/C19H27N5O4/c1-15(25)23-6-8-24(9-7-23)19(27)16-2-3-20-17(14-16)18(26)21-4-5-22-10-12-28-13-11-22/h2-3,14H,4-13H2,1H3,(H,21,26). The second-order valence-electron chi connectivity index (χ2n) is 6.94. The first kappa shape index (κ1) is 20.2. The second-order valence-corrected chi connectivity index (χ2v) is 6.94. The number of aromatic nitrogens is 1. The first-order valence-electron chi connectivity index (χ1n) is 9.64. The molecule has 0 unspecified atom stereocenters. The minimum Gasteiger partial charge on any atom is -0.379 e. The van der Waals surface area contributed by atoms with Gasteiger partial charge in [0.05, 0.1) is 13.2 Å². The second kappa shape index (κ2) is 9.61. The molecule has 9 heteroatoms. The number of rotatable bonds is 5. The molecule has 0 radical (unpaired) electrons. The van der Waals surface area contributed by atoms with E-state index in [0.29, 0.717) is 38.3 Å². The maximum Gasteiger partial charge on any atom is 0.269 e. The van der Waals surface area contributed by atoms with Crippen molar-refractivity contribution in [3.8, 4) is 0 Å². The number of nitrogens with zero attached hydrogens (tertiary/aromatic N) is 4. The van der Waals surface area contributed by atoms with Gasteiger partial charge in [0, 0.05) is 71.0 Å². The average Bonchev–Trinajstić information content (AvgIpc) is 2.74. The highest BCUT2D eigenvalue weighted by atomic mass is 16.5. The molecule has 2 aliphatic rings. The molecule has 3 heterocycles. The first-order chi connectivity index (χ1) is 13.5. The van der Waals surface area contributed by atoms with E-state index >= 15 is 0 Å². The summed E-state index contributed by atoms with van der Waals surface area (Å²) < 4.78 is 5.31. The van der Waals surface area contributed by atoms with E-state index in [9.17, 15) is 14.4 Å². The van der Waals surface area contributed by atoms with Gasteiger partial charge in [0.15, 0.2) is 0 Å². The van der Waals surface area contributed by atoms with Gasteiger partial charge in [0.1, 0.15) is 5.69 Å². The van der Waals surface area contributed by atoms with Crippen molar-refractivity contribution in [2.24, 2.45) is 0 Å². The van der Waals surface area contributed by atoms with Crippen LogP contribution in [0.2, 0.25) is 0 Å². The van der Waals surface area contributed by atoms with Crippen molar-refractivity contribution in [3.05, 3.63) is 29.6 Å². The molecule has 2 saturated heterocycles. The summed E-state index contributed by atoms with van der Waals surface area (Å²) in [7, 11) is 0. The SMILES string of the molecule is CC(=O)N1CCN(C(=O)c2ccnc(C(=O)NCCN3CCOCC3)c2)CC1. The summed E-state index contributed by atoms with van der Waals surface area (Å²) >= 11 is 0. The van der Waals surface area contributed by atoms with E-state index in [4.69, 9.17) is 4.74 Å². The van der Waals surface area contributed by atoms with Crippen LogP contribution in [0.3, 0.4) is 0 Å². The number of hydrogen-bond acceptors (Lipinski definition) is 6. The molecule has 3 amide bonds. The largest absolute Gasteiger partial charge is 0.379 e. The molecular formula is C19H27N5O4. The summed E-state index contributed by atoms with van der Waals surface area (Å²) in [5, 5.41) is 2.86. The topological polar surface area (TPSA) is 95.1 Å². The van der Waals surface area contributed by atoms with E-state index in [0.717, 1.165) is 32.8 Å².